The van der Waals surface area contributed by atoms with E-state index in [0.29, 0.717) is 5.02 Å². The molecule has 5 aromatic rings. The predicted molar refractivity (Wildman–Crippen MR) is 154 cm³/mol. The smallest absolute Gasteiger partial charge is 0.163 e. The number of hydrogen-bond donors (Lipinski definition) is 0. The number of thiazole rings is 1. The molecule has 37 heavy (non-hydrogen) atoms. The summed E-state index contributed by atoms with van der Waals surface area (Å²) in [6, 6.07) is 16.2. The van der Waals surface area contributed by atoms with Gasteiger partial charge in [-0.2, -0.15) is 5.10 Å². The fraction of sp³-hybridized carbons (Fsp3) is 0.300. The summed E-state index contributed by atoms with van der Waals surface area (Å²) in [4.78, 5) is 18.0. The molecule has 5 rings (SSSR count). The average molecular weight is 532 g/mol. The number of benzene rings is 3. The van der Waals surface area contributed by atoms with Crippen LogP contribution in [0, 0.1) is 13.8 Å². The molecule has 2 heterocycles. The van der Waals surface area contributed by atoms with Crippen LogP contribution in [0.1, 0.15) is 50.6 Å². The summed E-state index contributed by atoms with van der Waals surface area (Å²) in [6.07, 6.45) is -0.700. The van der Waals surface area contributed by atoms with Crippen LogP contribution in [0.15, 0.2) is 48.5 Å². The van der Waals surface area contributed by atoms with E-state index < -0.39 is 11.7 Å². The Kier molecular flexibility index (Phi) is 6.47. The van der Waals surface area contributed by atoms with Crippen LogP contribution in [-0.4, -0.2) is 26.1 Å². The molecule has 2 aromatic heterocycles. The first-order valence-electron chi connectivity index (χ1n) is 12.2. The number of carbonyl (C=O) groups is 1. The molecule has 0 fully saturated rings. The van der Waals surface area contributed by atoms with Crippen molar-refractivity contribution < 1.29 is 9.53 Å². The third-order valence-electron chi connectivity index (χ3n) is 6.45. The Balaban J connectivity index is 1.78. The maximum Gasteiger partial charge on any atom is 0.163 e. The highest BCUT2D eigenvalue weighted by molar-refractivity contribution is 7.22. The van der Waals surface area contributed by atoms with E-state index in [1.165, 1.54) is 0 Å². The number of rotatable bonds is 5. The van der Waals surface area contributed by atoms with Gasteiger partial charge in [-0.25, -0.2) is 4.98 Å². The van der Waals surface area contributed by atoms with Crippen molar-refractivity contribution in [2.75, 3.05) is 0 Å². The van der Waals surface area contributed by atoms with E-state index in [1.54, 1.807) is 18.3 Å². The van der Waals surface area contributed by atoms with Gasteiger partial charge in [0.05, 0.1) is 27.0 Å². The van der Waals surface area contributed by atoms with Gasteiger partial charge in [0.25, 0.3) is 0 Å². The lowest BCUT2D eigenvalue weighted by Crippen LogP contribution is -2.27. The van der Waals surface area contributed by atoms with Crippen molar-refractivity contribution >= 4 is 49.8 Å². The Bertz CT molecular complexity index is 1660. The van der Waals surface area contributed by atoms with Gasteiger partial charge in [0, 0.05) is 34.1 Å². The van der Waals surface area contributed by atoms with E-state index in [9.17, 15) is 4.79 Å². The first-order valence-corrected chi connectivity index (χ1v) is 13.4. The molecule has 0 bridgehead atoms. The van der Waals surface area contributed by atoms with Crippen LogP contribution in [0.25, 0.3) is 42.8 Å². The summed E-state index contributed by atoms with van der Waals surface area (Å²) in [6.45, 7) is 11.6. The van der Waals surface area contributed by atoms with Gasteiger partial charge < -0.3 is 4.74 Å². The quantitative estimate of drug-likeness (QED) is 0.229. The number of aromatic nitrogens is 3. The highest BCUT2D eigenvalue weighted by Crippen LogP contribution is 2.44. The Morgan fingerprint density at radius 3 is 2.38 bits per heavy atom. The minimum atomic E-state index is -0.700. The van der Waals surface area contributed by atoms with Crippen molar-refractivity contribution in [1.82, 2.24) is 14.8 Å². The molecule has 0 aliphatic rings. The molecule has 0 N–H and O–H groups in total. The second-order valence-electron chi connectivity index (χ2n) is 10.5. The molecule has 0 radical (unpaired) electrons. The molecule has 0 aliphatic heterocycles. The Morgan fingerprint density at radius 2 is 1.73 bits per heavy atom. The first kappa shape index (κ1) is 25.6. The lowest BCUT2D eigenvalue weighted by molar-refractivity contribution is -0.138. The number of fused-ring (bicyclic) bond motifs is 2. The standard InChI is InChI=1S/C30H30ClN3O2S/c1-16-14-23-28(37-29(32-23)20-10-13-22-17(2)33-34(7)24(22)15-20)26(19-8-11-21(31)12-9-19)25(16)27(18(3)35)36-30(4,5)6/h8-15,27H,1-7H3/t27-/m1/s1. The SMILES string of the molecule is CC(=O)[C@@H](OC(C)(C)C)c1c(C)cc2nc(-c3ccc4c(C)nn(C)c4c3)sc2c1-c1ccc(Cl)cc1. The molecular formula is C30H30ClN3O2S. The van der Waals surface area contributed by atoms with Crippen LogP contribution in [-0.2, 0) is 16.6 Å². The number of nitrogens with zero attached hydrogens (tertiary/aromatic N) is 3. The van der Waals surface area contributed by atoms with Gasteiger partial charge in [-0.05, 0) is 76.9 Å². The zero-order valence-corrected chi connectivity index (χ0v) is 23.7. The van der Waals surface area contributed by atoms with Crippen LogP contribution in [0.5, 0.6) is 0 Å². The second kappa shape index (κ2) is 9.35. The van der Waals surface area contributed by atoms with E-state index in [-0.39, 0.29) is 5.78 Å². The zero-order chi connectivity index (χ0) is 26.6. The fourth-order valence-electron chi connectivity index (χ4n) is 4.85. The molecule has 0 saturated heterocycles. The maximum atomic E-state index is 13.0. The van der Waals surface area contributed by atoms with Gasteiger partial charge in [0.15, 0.2) is 5.78 Å². The Morgan fingerprint density at radius 1 is 1.05 bits per heavy atom. The number of hydrogen-bond acceptors (Lipinski definition) is 5. The Labute approximate surface area is 226 Å². The molecule has 0 unspecified atom stereocenters. The number of halogens is 1. The Hall–Kier alpha value is -3.06. The molecule has 190 valence electrons. The minimum Gasteiger partial charge on any atom is -0.360 e. The molecule has 0 amide bonds. The van der Waals surface area contributed by atoms with Crippen LogP contribution in [0.3, 0.4) is 0 Å². The predicted octanol–water partition coefficient (Wildman–Crippen LogP) is 8.23. The molecule has 0 aliphatic carbocycles. The normalized spacial score (nSPS) is 13.0. The van der Waals surface area contributed by atoms with Crippen LogP contribution in [0.4, 0.5) is 0 Å². The number of ketones is 1. The lowest BCUT2D eigenvalue weighted by Gasteiger charge is -2.29. The summed E-state index contributed by atoms with van der Waals surface area (Å²) >= 11 is 7.87. The molecule has 5 nitrogen and oxygen atoms in total. The summed E-state index contributed by atoms with van der Waals surface area (Å²) < 4.78 is 9.28. The van der Waals surface area contributed by atoms with E-state index in [4.69, 9.17) is 21.3 Å². The van der Waals surface area contributed by atoms with E-state index in [1.807, 2.05) is 70.6 Å². The number of aryl methyl sites for hydroxylation is 3. The molecule has 0 spiro atoms. The maximum absolute atomic E-state index is 13.0. The fourth-order valence-corrected chi connectivity index (χ4v) is 6.09. The monoisotopic (exact) mass is 531 g/mol. The van der Waals surface area contributed by atoms with Crippen molar-refractivity contribution in [2.45, 2.75) is 53.2 Å². The van der Waals surface area contributed by atoms with Gasteiger partial charge >= 0.3 is 0 Å². The number of Topliss-reactive ketones (excluding diaryl/α,β-unsaturated/α-hetero) is 1. The minimum absolute atomic E-state index is 0.0330. The van der Waals surface area contributed by atoms with Crippen LogP contribution < -0.4 is 0 Å². The molecule has 3 aromatic carbocycles. The van der Waals surface area contributed by atoms with E-state index >= 15 is 0 Å². The largest absolute Gasteiger partial charge is 0.360 e. The third-order valence-corrected chi connectivity index (χ3v) is 7.84. The molecule has 7 heteroatoms. The highest BCUT2D eigenvalue weighted by atomic mass is 35.5. The summed E-state index contributed by atoms with van der Waals surface area (Å²) in [5.74, 6) is -0.0330. The first-order chi connectivity index (χ1) is 17.4. The number of ether oxygens (including phenoxy) is 1. The topological polar surface area (TPSA) is 57.0 Å². The molecular weight excluding hydrogens is 502 g/mol. The molecule has 1 atom stereocenters. The second-order valence-corrected chi connectivity index (χ2v) is 12.0. The summed E-state index contributed by atoms with van der Waals surface area (Å²) in [7, 11) is 1.96. The zero-order valence-electron chi connectivity index (χ0n) is 22.1. The van der Waals surface area contributed by atoms with Gasteiger partial charge in [0.2, 0.25) is 0 Å². The van der Waals surface area contributed by atoms with Crippen molar-refractivity contribution in [1.29, 1.82) is 0 Å². The third kappa shape index (κ3) is 4.81. The van der Waals surface area contributed by atoms with Gasteiger partial charge in [0.1, 0.15) is 11.1 Å². The van der Waals surface area contributed by atoms with Gasteiger partial charge in [-0.1, -0.05) is 35.9 Å². The van der Waals surface area contributed by atoms with Gasteiger partial charge in [-0.15, -0.1) is 11.3 Å². The lowest BCUT2D eigenvalue weighted by atomic mass is 9.90. The van der Waals surface area contributed by atoms with Gasteiger partial charge in [-0.3, -0.25) is 9.48 Å². The number of carbonyl (C=O) groups excluding carboxylic acids is 1. The van der Waals surface area contributed by atoms with Crippen molar-refractivity contribution in [3.05, 3.63) is 70.4 Å². The van der Waals surface area contributed by atoms with Crippen LogP contribution >= 0.6 is 22.9 Å². The van der Waals surface area contributed by atoms with E-state index in [2.05, 4.69) is 29.4 Å². The summed E-state index contributed by atoms with van der Waals surface area (Å²) in [5, 5.41) is 7.27. The molecule has 0 saturated carbocycles. The van der Waals surface area contributed by atoms with Crippen molar-refractivity contribution in [2.24, 2.45) is 7.05 Å². The van der Waals surface area contributed by atoms with Crippen molar-refractivity contribution in [3.63, 3.8) is 0 Å². The van der Waals surface area contributed by atoms with Crippen molar-refractivity contribution in [3.8, 4) is 21.7 Å². The van der Waals surface area contributed by atoms with Crippen LogP contribution in [0.2, 0.25) is 5.02 Å². The summed E-state index contributed by atoms with van der Waals surface area (Å²) in [5.41, 5.74) is 7.30. The average Bonchev–Trinajstić information content (AvgIpc) is 3.37. The highest BCUT2D eigenvalue weighted by Gasteiger charge is 2.30. The van der Waals surface area contributed by atoms with E-state index in [0.717, 1.165) is 59.6 Å².